The van der Waals surface area contributed by atoms with Gasteiger partial charge in [-0.25, -0.2) is 0 Å². The lowest BCUT2D eigenvalue weighted by atomic mass is 10.2. The van der Waals surface area contributed by atoms with Crippen LogP contribution in [0, 0.1) is 0 Å². The molecule has 0 heterocycles. The second-order valence-electron chi connectivity index (χ2n) is 2.80. The second kappa shape index (κ2) is 5.86. The SMILES string of the molecule is COCCOc1ccc(Cl)cc1CN. The van der Waals surface area contributed by atoms with Crippen LogP contribution in [0.4, 0.5) is 0 Å². The molecule has 1 aromatic rings. The molecule has 0 bridgehead atoms. The first-order valence-corrected chi connectivity index (χ1v) is 4.76. The van der Waals surface area contributed by atoms with Crippen molar-refractivity contribution < 1.29 is 9.47 Å². The monoisotopic (exact) mass is 215 g/mol. The van der Waals surface area contributed by atoms with Gasteiger partial charge >= 0.3 is 0 Å². The molecule has 4 heteroatoms. The number of hydrogen-bond donors (Lipinski definition) is 1. The molecule has 0 saturated carbocycles. The van der Waals surface area contributed by atoms with E-state index in [4.69, 9.17) is 26.8 Å². The summed E-state index contributed by atoms with van der Waals surface area (Å²) in [6.45, 7) is 1.50. The molecule has 78 valence electrons. The number of hydrogen-bond acceptors (Lipinski definition) is 3. The van der Waals surface area contributed by atoms with Gasteiger partial charge in [-0.2, -0.15) is 0 Å². The minimum Gasteiger partial charge on any atom is -0.491 e. The quantitative estimate of drug-likeness (QED) is 0.763. The lowest BCUT2D eigenvalue weighted by Gasteiger charge is -2.09. The highest BCUT2D eigenvalue weighted by Crippen LogP contribution is 2.22. The highest BCUT2D eigenvalue weighted by Gasteiger charge is 2.02. The van der Waals surface area contributed by atoms with E-state index >= 15 is 0 Å². The normalized spacial score (nSPS) is 10.2. The zero-order valence-electron chi connectivity index (χ0n) is 8.13. The lowest BCUT2D eigenvalue weighted by molar-refractivity contribution is 0.146. The molecule has 2 N–H and O–H groups in total. The molecule has 3 nitrogen and oxygen atoms in total. The summed E-state index contributed by atoms with van der Waals surface area (Å²) in [5.74, 6) is 0.772. The molecule has 0 radical (unpaired) electrons. The van der Waals surface area contributed by atoms with Gasteiger partial charge in [-0.05, 0) is 18.2 Å². The van der Waals surface area contributed by atoms with Gasteiger partial charge in [0.15, 0.2) is 0 Å². The minimum absolute atomic E-state index is 0.420. The van der Waals surface area contributed by atoms with Crippen molar-refractivity contribution in [3.8, 4) is 5.75 Å². The molecule has 1 aromatic carbocycles. The summed E-state index contributed by atoms with van der Waals surface area (Å²) < 4.78 is 10.3. The van der Waals surface area contributed by atoms with Gasteiger partial charge in [-0.1, -0.05) is 11.6 Å². The van der Waals surface area contributed by atoms with E-state index in [1.165, 1.54) is 0 Å². The number of rotatable bonds is 5. The summed E-state index contributed by atoms with van der Waals surface area (Å²) in [5, 5.41) is 0.671. The van der Waals surface area contributed by atoms with Gasteiger partial charge in [0.25, 0.3) is 0 Å². The Hall–Kier alpha value is -0.770. The predicted molar refractivity (Wildman–Crippen MR) is 56.7 cm³/mol. The molecule has 0 aliphatic carbocycles. The fourth-order valence-corrected chi connectivity index (χ4v) is 1.28. The first-order valence-electron chi connectivity index (χ1n) is 4.38. The van der Waals surface area contributed by atoms with Crippen molar-refractivity contribution in [3.63, 3.8) is 0 Å². The van der Waals surface area contributed by atoms with Crippen LogP contribution in [0.25, 0.3) is 0 Å². The Morgan fingerprint density at radius 1 is 1.36 bits per heavy atom. The Morgan fingerprint density at radius 2 is 2.14 bits per heavy atom. The van der Waals surface area contributed by atoms with Gasteiger partial charge in [-0.15, -0.1) is 0 Å². The van der Waals surface area contributed by atoms with Crippen molar-refractivity contribution in [1.29, 1.82) is 0 Å². The van der Waals surface area contributed by atoms with E-state index in [2.05, 4.69) is 0 Å². The highest BCUT2D eigenvalue weighted by atomic mass is 35.5. The zero-order chi connectivity index (χ0) is 10.4. The maximum Gasteiger partial charge on any atom is 0.124 e. The molecule has 0 atom stereocenters. The van der Waals surface area contributed by atoms with E-state index in [1.54, 1.807) is 13.2 Å². The summed E-state index contributed by atoms with van der Waals surface area (Å²) in [4.78, 5) is 0. The number of methoxy groups -OCH3 is 1. The van der Waals surface area contributed by atoms with E-state index in [0.29, 0.717) is 24.8 Å². The van der Waals surface area contributed by atoms with Crippen LogP contribution in [0.15, 0.2) is 18.2 Å². The van der Waals surface area contributed by atoms with E-state index < -0.39 is 0 Å². The van der Waals surface area contributed by atoms with Crippen molar-refractivity contribution in [2.45, 2.75) is 6.54 Å². The molecule has 1 rings (SSSR count). The lowest BCUT2D eigenvalue weighted by Crippen LogP contribution is -2.07. The van der Waals surface area contributed by atoms with Gasteiger partial charge in [-0.3, -0.25) is 0 Å². The number of benzene rings is 1. The Kier molecular flexibility index (Phi) is 4.73. The molecule has 0 aromatic heterocycles. The van der Waals surface area contributed by atoms with Crippen LogP contribution in [0.3, 0.4) is 0 Å². The Balaban J connectivity index is 2.65. The molecule has 0 aliphatic heterocycles. The fraction of sp³-hybridized carbons (Fsp3) is 0.400. The maximum absolute atomic E-state index is 5.82. The van der Waals surface area contributed by atoms with Crippen molar-refractivity contribution in [1.82, 2.24) is 0 Å². The summed E-state index contributed by atoms with van der Waals surface area (Å²) in [6.07, 6.45) is 0. The molecular formula is C10H14ClNO2. The number of ether oxygens (including phenoxy) is 2. The van der Waals surface area contributed by atoms with E-state index in [0.717, 1.165) is 11.3 Å². The fourth-order valence-electron chi connectivity index (χ4n) is 1.08. The van der Waals surface area contributed by atoms with Crippen molar-refractivity contribution >= 4 is 11.6 Å². The molecule has 0 saturated heterocycles. The third kappa shape index (κ3) is 3.18. The van der Waals surface area contributed by atoms with E-state index in [1.807, 2.05) is 12.1 Å². The molecule has 0 aliphatic rings. The first-order chi connectivity index (χ1) is 6.77. The molecule has 14 heavy (non-hydrogen) atoms. The third-order valence-corrected chi connectivity index (χ3v) is 2.02. The summed E-state index contributed by atoms with van der Waals surface area (Å²) in [6, 6.07) is 5.41. The van der Waals surface area contributed by atoms with E-state index in [9.17, 15) is 0 Å². The van der Waals surface area contributed by atoms with Crippen LogP contribution < -0.4 is 10.5 Å². The highest BCUT2D eigenvalue weighted by molar-refractivity contribution is 6.30. The molecule has 0 fully saturated rings. The number of halogens is 1. The predicted octanol–water partition coefficient (Wildman–Crippen LogP) is 1.82. The van der Waals surface area contributed by atoms with Gasteiger partial charge in [0.1, 0.15) is 12.4 Å². The summed E-state index contributed by atoms with van der Waals surface area (Å²) >= 11 is 5.82. The average molecular weight is 216 g/mol. The smallest absolute Gasteiger partial charge is 0.124 e. The zero-order valence-corrected chi connectivity index (χ0v) is 8.88. The second-order valence-corrected chi connectivity index (χ2v) is 3.23. The first kappa shape index (κ1) is 11.3. The summed E-state index contributed by atoms with van der Waals surface area (Å²) in [5.41, 5.74) is 6.46. The van der Waals surface area contributed by atoms with Crippen LogP contribution in [0.2, 0.25) is 5.02 Å². The molecule has 0 unspecified atom stereocenters. The average Bonchev–Trinajstić information content (AvgIpc) is 2.20. The third-order valence-electron chi connectivity index (χ3n) is 1.79. The minimum atomic E-state index is 0.420. The van der Waals surface area contributed by atoms with Crippen LogP contribution >= 0.6 is 11.6 Å². The van der Waals surface area contributed by atoms with Gasteiger partial charge in [0.05, 0.1) is 6.61 Å². The van der Waals surface area contributed by atoms with Crippen LogP contribution in [0.5, 0.6) is 5.75 Å². The van der Waals surface area contributed by atoms with Crippen molar-refractivity contribution in [2.75, 3.05) is 20.3 Å². The molecule has 0 amide bonds. The van der Waals surface area contributed by atoms with Crippen LogP contribution in [-0.4, -0.2) is 20.3 Å². The maximum atomic E-state index is 5.82. The van der Waals surface area contributed by atoms with E-state index in [-0.39, 0.29) is 0 Å². The Bertz CT molecular complexity index is 291. The van der Waals surface area contributed by atoms with Gasteiger partial charge in [0.2, 0.25) is 0 Å². The largest absolute Gasteiger partial charge is 0.491 e. The summed E-state index contributed by atoms with van der Waals surface area (Å²) in [7, 11) is 1.63. The van der Waals surface area contributed by atoms with Crippen molar-refractivity contribution in [3.05, 3.63) is 28.8 Å². The van der Waals surface area contributed by atoms with Gasteiger partial charge < -0.3 is 15.2 Å². The van der Waals surface area contributed by atoms with Crippen LogP contribution in [-0.2, 0) is 11.3 Å². The Labute approximate surface area is 88.8 Å². The van der Waals surface area contributed by atoms with Crippen molar-refractivity contribution in [2.24, 2.45) is 5.73 Å². The topological polar surface area (TPSA) is 44.5 Å². The molecule has 0 spiro atoms. The van der Waals surface area contributed by atoms with Gasteiger partial charge in [0, 0.05) is 24.2 Å². The molecular weight excluding hydrogens is 202 g/mol. The van der Waals surface area contributed by atoms with Crippen LogP contribution in [0.1, 0.15) is 5.56 Å². The standard InChI is InChI=1S/C10H14ClNO2/c1-13-4-5-14-10-3-2-9(11)6-8(10)7-12/h2-3,6H,4-5,7,12H2,1H3. The Morgan fingerprint density at radius 3 is 2.79 bits per heavy atom. The number of nitrogens with two attached hydrogens (primary N) is 1.